The highest BCUT2D eigenvalue weighted by molar-refractivity contribution is 5.38. The monoisotopic (exact) mass is 273 g/mol. The van der Waals surface area contributed by atoms with Crippen molar-refractivity contribution in [1.82, 2.24) is 5.32 Å². The van der Waals surface area contributed by atoms with Gasteiger partial charge in [-0.2, -0.15) is 13.2 Å². The molecule has 2 N–H and O–H groups in total. The highest BCUT2D eigenvalue weighted by atomic mass is 19.4. The number of phenolic OH excluding ortho intramolecular Hbond substituents is 1. The number of alkyl halides is 3. The molecule has 0 saturated heterocycles. The summed E-state index contributed by atoms with van der Waals surface area (Å²) in [5, 5.41) is 12.5. The number of aromatic hydroxyl groups is 1. The second-order valence-electron chi connectivity index (χ2n) is 5.21. The number of phenols is 1. The van der Waals surface area contributed by atoms with E-state index in [1.54, 1.807) is 19.1 Å². The van der Waals surface area contributed by atoms with Crippen LogP contribution in [0.15, 0.2) is 18.2 Å². The Labute approximate surface area is 110 Å². The van der Waals surface area contributed by atoms with Gasteiger partial charge >= 0.3 is 6.18 Å². The van der Waals surface area contributed by atoms with Gasteiger partial charge in [-0.25, -0.2) is 0 Å². The van der Waals surface area contributed by atoms with Crippen molar-refractivity contribution < 1.29 is 18.3 Å². The quantitative estimate of drug-likeness (QED) is 0.880. The van der Waals surface area contributed by atoms with Crippen LogP contribution in [0.1, 0.15) is 43.4 Å². The molecule has 1 aromatic rings. The fraction of sp³-hybridized carbons (Fsp3) is 0.571. The zero-order valence-electron chi connectivity index (χ0n) is 10.8. The molecule has 19 heavy (non-hydrogen) atoms. The number of fused-ring (bicyclic) bond motifs is 1. The average Bonchev–Trinajstić information content (AvgIpc) is 2.27. The molecular formula is C14H18F3NO. The van der Waals surface area contributed by atoms with Gasteiger partial charge in [-0.15, -0.1) is 0 Å². The molecule has 0 aromatic heterocycles. The van der Waals surface area contributed by atoms with E-state index in [1.807, 2.05) is 6.07 Å². The molecule has 1 aliphatic rings. The van der Waals surface area contributed by atoms with Gasteiger partial charge in [0.15, 0.2) is 0 Å². The largest absolute Gasteiger partial charge is 0.508 e. The van der Waals surface area contributed by atoms with Crippen molar-refractivity contribution in [3.8, 4) is 5.75 Å². The maximum atomic E-state index is 12.3. The normalized spacial score (nSPS) is 20.9. The van der Waals surface area contributed by atoms with Crippen molar-refractivity contribution in [3.63, 3.8) is 0 Å². The summed E-state index contributed by atoms with van der Waals surface area (Å²) in [6, 6.07) is 4.41. The summed E-state index contributed by atoms with van der Waals surface area (Å²) in [7, 11) is 0. The van der Waals surface area contributed by atoms with Crippen molar-refractivity contribution in [2.24, 2.45) is 0 Å². The maximum Gasteiger partial charge on any atom is 0.390 e. The fourth-order valence-electron chi connectivity index (χ4n) is 2.71. The first-order valence-electron chi connectivity index (χ1n) is 6.50. The Morgan fingerprint density at radius 1 is 1.42 bits per heavy atom. The lowest BCUT2D eigenvalue weighted by Gasteiger charge is -2.29. The molecule has 1 aliphatic carbocycles. The number of halogens is 3. The Kier molecular flexibility index (Phi) is 4.04. The SMILES string of the molecule is CC(CC(F)(F)F)NC1CCCc2ccc(O)cc21. The lowest BCUT2D eigenvalue weighted by atomic mass is 9.87. The molecule has 0 fully saturated rings. The molecule has 106 valence electrons. The number of nitrogens with one attached hydrogen (secondary N) is 1. The minimum absolute atomic E-state index is 0.104. The van der Waals surface area contributed by atoms with Crippen LogP contribution in [0.25, 0.3) is 0 Å². The van der Waals surface area contributed by atoms with Gasteiger partial charge in [0.2, 0.25) is 0 Å². The van der Waals surface area contributed by atoms with Gasteiger partial charge in [-0.1, -0.05) is 6.07 Å². The number of rotatable bonds is 3. The molecule has 2 unspecified atom stereocenters. The van der Waals surface area contributed by atoms with Gasteiger partial charge < -0.3 is 10.4 Å². The van der Waals surface area contributed by atoms with E-state index in [-0.39, 0.29) is 11.8 Å². The number of benzene rings is 1. The molecule has 2 nitrogen and oxygen atoms in total. The lowest BCUT2D eigenvalue weighted by Crippen LogP contribution is -2.35. The van der Waals surface area contributed by atoms with E-state index in [2.05, 4.69) is 5.32 Å². The first-order valence-corrected chi connectivity index (χ1v) is 6.50. The Morgan fingerprint density at radius 2 is 2.16 bits per heavy atom. The van der Waals surface area contributed by atoms with Crippen LogP contribution in [0.5, 0.6) is 5.75 Å². The molecule has 0 spiro atoms. The van der Waals surface area contributed by atoms with Gasteiger partial charge in [-0.3, -0.25) is 0 Å². The van der Waals surface area contributed by atoms with Gasteiger partial charge in [0, 0.05) is 12.1 Å². The summed E-state index contributed by atoms with van der Waals surface area (Å²) in [5.41, 5.74) is 2.04. The van der Waals surface area contributed by atoms with Crippen LogP contribution in [0.4, 0.5) is 13.2 Å². The average molecular weight is 273 g/mol. The van der Waals surface area contributed by atoms with Crippen LogP contribution in [-0.4, -0.2) is 17.3 Å². The van der Waals surface area contributed by atoms with Gasteiger partial charge in [0.1, 0.15) is 5.75 Å². The molecular weight excluding hydrogens is 255 g/mol. The highest BCUT2D eigenvalue weighted by Gasteiger charge is 2.31. The smallest absolute Gasteiger partial charge is 0.390 e. The summed E-state index contributed by atoms with van der Waals surface area (Å²) in [6.07, 6.45) is -2.31. The Balaban J connectivity index is 2.09. The fourth-order valence-corrected chi connectivity index (χ4v) is 2.71. The summed E-state index contributed by atoms with van der Waals surface area (Å²) in [5.74, 6) is 0.163. The summed E-state index contributed by atoms with van der Waals surface area (Å²) < 4.78 is 37.0. The standard InChI is InChI=1S/C14H18F3NO/c1-9(8-14(15,16)17)18-13-4-2-3-10-5-6-11(19)7-12(10)13/h5-7,9,13,18-19H,2-4,8H2,1H3. The second kappa shape index (κ2) is 5.41. The van der Waals surface area contributed by atoms with E-state index < -0.39 is 18.6 Å². The predicted octanol–water partition coefficient (Wildman–Crippen LogP) is 3.70. The van der Waals surface area contributed by atoms with E-state index in [1.165, 1.54) is 0 Å². The molecule has 0 saturated carbocycles. The number of aryl methyl sites for hydroxylation is 1. The van der Waals surface area contributed by atoms with Crippen LogP contribution in [0, 0.1) is 0 Å². The Morgan fingerprint density at radius 3 is 2.84 bits per heavy atom. The van der Waals surface area contributed by atoms with Gasteiger partial charge in [0.05, 0.1) is 6.42 Å². The predicted molar refractivity (Wildman–Crippen MR) is 67.1 cm³/mol. The van der Waals surface area contributed by atoms with E-state index >= 15 is 0 Å². The summed E-state index contributed by atoms with van der Waals surface area (Å²) in [6.45, 7) is 1.55. The minimum Gasteiger partial charge on any atom is -0.508 e. The molecule has 0 heterocycles. The third kappa shape index (κ3) is 3.86. The van der Waals surface area contributed by atoms with Crippen molar-refractivity contribution >= 4 is 0 Å². The molecule has 0 radical (unpaired) electrons. The van der Waals surface area contributed by atoms with Gasteiger partial charge in [-0.05, 0) is 49.4 Å². The molecule has 0 amide bonds. The lowest BCUT2D eigenvalue weighted by molar-refractivity contribution is -0.139. The van der Waals surface area contributed by atoms with Crippen molar-refractivity contribution in [2.75, 3.05) is 0 Å². The van der Waals surface area contributed by atoms with Crippen LogP contribution < -0.4 is 5.32 Å². The van der Waals surface area contributed by atoms with E-state index in [0.29, 0.717) is 0 Å². The maximum absolute atomic E-state index is 12.3. The Hall–Kier alpha value is -1.23. The molecule has 2 atom stereocenters. The molecule has 0 bridgehead atoms. The molecule has 1 aromatic carbocycles. The topological polar surface area (TPSA) is 32.3 Å². The zero-order valence-corrected chi connectivity index (χ0v) is 10.8. The van der Waals surface area contributed by atoms with Crippen molar-refractivity contribution in [1.29, 1.82) is 0 Å². The third-order valence-electron chi connectivity index (χ3n) is 3.47. The van der Waals surface area contributed by atoms with Crippen molar-refractivity contribution in [3.05, 3.63) is 29.3 Å². The molecule has 2 rings (SSSR count). The first kappa shape index (κ1) is 14.2. The van der Waals surface area contributed by atoms with E-state index in [4.69, 9.17) is 0 Å². The third-order valence-corrected chi connectivity index (χ3v) is 3.47. The zero-order chi connectivity index (χ0) is 14.0. The van der Waals surface area contributed by atoms with E-state index in [9.17, 15) is 18.3 Å². The van der Waals surface area contributed by atoms with Crippen LogP contribution in [0.3, 0.4) is 0 Å². The van der Waals surface area contributed by atoms with Crippen molar-refractivity contribution in [2.45, 2.75) is 50.9 Å². The Bertz CT molecular complexity index is 445. The van der Waals surface area contributed by atoms with Gasteiger partial charge in [0.25, 0.3) is 0 Å². The van der Waals surface area contributed by atoms with Crippen LogP contribution in [0.2, 0.25) is 0 Å². The van der Waals surface area contributed by atoms with E-state index in [0.717, 1.165) is 30.4 Å². The first-order chi connectivity index (χ1) is 8.85. The number of hydrogen-bond acceptors (Lipinski definition) is 2. The van der Waals surface area contributed by atoms with Crippen LogP contribution in [-0.2, 0) is 6.42 Å². The second-order valence-corrected chi connectivity index (χ2v) is 5.21. The molecule has 0 aliphatic heterocycles. The minimum atomic E-state index is -4.15. The molecule has 5 heteroatoms. The summed E-state index contributed by atoms with van der Waals surface area (Å²) >= 11 is 0. The van der Waals surface area contributed by atoms with Crippen LogP contribution >= 0.6 is 0 Å². The number of hydrogen-bond donors (Lipinski definition) is 2. The highest BCUT2D eigenvalue weighted by Crippen LogP contribution is 2.33. The summed E-state index contributed by atoms with van der Waals surface area (Å²) in [4.78, 5) is 0.